The van der Waals surface area contributed by atoms with Crippen LogP contribution < -0.4 is 5.32 Å². The van der Waals surface area contributed by atoms with E-state index >= 15 is 0 Å². The average Bonchev–Trinajstić information content (AvgIpc) is 3.73. The molecule has 11 heteroatoms. The number of rotatable bonds is 71. The zero-order valence-corrected chi connectivity index (χ0v) is 58.5. The van der Waals surface area contributed by atoms with Gasteiger partial charge in [0.05, 0.1) is 25.4 Å². The van der Waals surface area contributed by atoms with Crippen molar-refractivity contribution >= 4 is 5.91 Å². The normalized spacial score (nSPS) is 18.5. The van der Waals surface area contributed by atoms with E-state index in [-0.39, 0.29) is 6.42 Å². The Hall–Kier alpha value is -0.890. The van der Waals surface area contributed by atoms with Crippen LogP contribution >= 0.6 is 0 Å². The maximum absolute atomic E-state index is 13.3. The van der Waals surface area contributed by atoms with Gasteiger partial charge in [-0.15, -0.1) is 0 Å². The predicted molar refractivity (Wildman–Crippen MR) is 372 cm³/mol. The predicted octanol–water partition coefficient (Wildman–Crippen LogP) is 20.0. The first-order chi connectivity index (χ1) is 43.2. The fraction of sp³-hybridized carbons (Fsp3) is 0.987. The zero-order chi connectivity index (χ0) is 63.9. The largest absolute Gasteiger partial charge is 0.394 e. The molecule has 0 aliphatic carbocycles. The van der Waals surface area contributed by atoms with Gasteiger partial charge in [0.25, 0.3) is 0 Å². The van der Waals surface area contributed by atoms with E-state index in [1.54, 1.807) is 0 Å². The Kier molecular flexibility index (Phi) is 64.0. The molecule has 1 aliphatic rings. The second-order valence-electron chi connectivity index (χ2n) is 28.2. The second-order valence-corrected chi connectivity index (χ2v) is 28.2. The molecule has 88 heavy (non-hydrogen) atoms. The van der Waals surface area contributed by atoms with Crippen LogP contribution in [0.1, 0.15) is 418 Å². The summed E-state index contributed by atoms with van der Waals surface area (Å²) in [6.45, 7) is 3.54. The smallest absolute Gasteiger partial charge is 0.249 e. The molecule has 1 saturated heterocycles. The Labute approximate surface area is 545 Å². The van der Waals surface area contributed by atoms with Crippen molar-refractivity contribution in [2.75, 3.05) is 13.2 Å². The van der Waals surface area contributed by atoms with E-state index in [1.807, 2.05) is 0 Å². The fourth-order valence-electron chi connectivity index (χ4n) is 13.4. The van der Waals surface area contributed by atoms with E-state index in [0.717, 1.165) is 38.5 Å². The van der Waals surface area contributed by atoms with Gasteiger partial charge in [0.1, 0.15) is 36.6 Å². The van der Waals surface area contributed by atoms with Gasteiger partial charge in [0.2, 0.25) is 5.91 Å². The molecule has 0 aromatic carbocycles. The standard InChI is InChI=1S/C77H153NO10/c1-3-5-7-9-11-13-15-17-19-21-23-25-27-29-31-33-34-35-37-38-40-42-44-46-48-50-52-54-56-58-60-62-64-69(80)72(82)68(67-87-77-75(85)74(84)73(83)71(66-79)88-77)78-76(86)70(81)65-63-61-59-57-55-53-51-49-47-45-43-41-39-36-32-30-28-26-24-22-20-18-16-14-12-10-8-6-4-2/h68-75,77,79-85H,3-67H2,1-2H3,(H,78,86). The highest BCUT2D eigenvalue weighted by Gasteiger charge is 2.44. The van der Waals surface area contributed by atoms with Crippen LogP contribution in [0.2, 0.25) is 0 Å². The molecule has 9 atom stereocenters. The third-order valence-corrected chi connectivity index (χ3v) is 19.7. The van der Waals surface area contributed by atoms with E-state index in [0.29, 0.717) is 19.3 Å². The summed E-state index contributed by atoms with van der Waals surface area (Å²) in [5, 5.41) is 76.7. The van der Waals surface area contributed by atoms with E-state index in [2.05, 4.69) is 19.2 Å². The highest BCUT2D eigenvalue weighted by atomic mass is 16.7. The number of carbonyl (C=O) groups is 1. The van der Waals surface area contributed by atoms with Crippen LogP contribution in [0.5, 0.6) is 0 Å². The fourth-order valence-corrected chi connectivity index (χ4v) is 13.4. The Bertz CT molecular complexity index is 1390. The lowest BCUT2D eigenvalue weighted by molar-refractivity contribution is -0.303. The average molecular weight is 1250 g/mol. The Balaban J connectivity index is 2.13. The number of nitrogens with one attached hydrogen (secondary N) is 1. The summed E-state index contributed by atoms with van der Waals surface area (Å²) < 4.78 is 11.2. The molecule has 526 valence electrons. The highest BCUT2D eigenvalue weighted by Crippen LogP contribution is 2.25. The molecular weight excluding hydrogens is 1100 g/mol. The van der Waals surface area contributed by atoms with Gasteiger partial charge in [-0.1, -0.05) is 406 Å². The molecular formula is C77H153NO10. The molecule has 1 amide bonds. The second kappa shape index (κ2) is 66.1. The topological polar surface area (TPSA) is 189 Å². The lowest BCUT2D eigenvalue weighted by Crippen LogP contribution is -2.60. The van der Waals surface area contributed by atoms with Gasteiger partial charge in [-0.05, 0) is 12.8 Å². The molecule has 9 unspecified atom stereocenters. The van der Waals surface area contributed by atoms with Crippen molar-refractivity contribution in [2.24, 2.45) is 0 Å². The van der Waals surface area contributed by atoms with Gasteiger partial charge < -0.3 is 50.5 Å². The summed E-state index contributed by atoms with van der Waals surface area (Å²) in [7, 11) is 0. The number of aliphatic hydroxyl groups excluding tert-OH is 7. The Morgan fingerprint density at radius 1 is 0.352 bits per heavy atom. The van der Waals surface area contributed by atoms with Gasteiger partial charge in [0.15, 0.2) is 6.29 Å². The monoisotopic (exact) mass is 1250 g/mol. The van der Waals surface area contributed by atoms with Gasteiger partial charge in [0, 0.05) is 0 Å². The van der Waals surface area contributed by atoms with Gasteiger partial charge >= 0.3 is 0 Å². The summed E-state index contributed by atoms with van der Waals surface area (Å²) in [5.74, 6) is -0.685. The first kappa shape index (κ1) is 85.1. The van der Waals surface area contributed by atoms with E-state index in [1.165, 1.54) is 340 Å². The third kappa shape index (κ3) is 52.5. The minimum atomic E-state index is -1.66. The maximum atomic E-state index is 13.3. The summed E-state index contributed by atoms with van der Waals surface area (Å²) in [6.07, 6.45) is 70.7. The van der Waals surface area contributed by atoms with Crippen molar-refractivity contribution in [2.45, 2.75) is 473 Å². The van der Waals surface area contributed by atoms with Crippen molar-refractivity contribution in [1.82, 2.24) is 5.32 Å². The maximum Gasteiger partial charge on any atom is 0.249 e. The molecule has 0 radical (unpaired) electrons. The van der Waals surface area contributed by atoms with Crippen LogP contribution in [0.25, 0.3) is 0 Å². The molecule has 0 saturated carbocycles. The summed E-state index contributed by atoms with van der Waals surface area (Å²) in [4.78, 5) is 13.3. The number of ether oxygens (including phenoxy) is 2. The van der Waals surface area contributed by atoms with Crippen molar-refractivity contribution in [3.63, 3.8) is 0 Å². The van der Waals surface area contributed by atoms with Crippen LogP contribution in [0.15, 0.2) is 0 Å². The van der Waals surface area contributed by atoms with Gasteiger partial charge in [-0.2, -0.15) is 0 Å². The summed E-state index contributed by atoms with van der Waals surface area (Å²) in [5.41, 5.74) is 0. The van der Waals surface area contributed by atoms with Crippen molar-refractivity contribution < 1.29 is 50.0 Å². The molecule has 0 aromatic rings. The number of hydrogen-bond acceptors (Lipinski definition) is 10. The number of amides is 1. The first-order valence-electron chi connectivity index (χ1n) is 39.4. The summed E-state index contributed by atoms with van der Waals surface area (Å²) in [6, 6.07) is -1.17. The molecule has 0 aromatic heterocycles. The number of carbonyl (C=O) groups excluding carboxylic acids is 1. The SMILES string of the molecule is CCCCCCCCCCCCCCCCCCCCCCCCCCCCCCCCCCC(O)C(O)C(COC1OC(CO)C(O)C(O)C1O)NC(=O)C(O)CCCCCCCCCCCCCCCCCCCCCCCCCCCCCCC. The van der Waals surface area contributed by atoms with Crippen molar-refractivity contribution in [1.29, 1.82) is 0 Å². The summed E-state index contributed by atoms with van der Waals surface area (Å²) >= 11 is 0. The molecule has 1 aliphatic heterocycles. The van der Waals surface area contributed by atoms with E-state index in [4.69, 9.17) is 9.47 Å². The Morgan fingerprint density at radius 3 is 0.841 bits per heavy atom. The molecule has 0 bridgehead atoms. The van der Waals surface area contributed by atoms with E-state index in [9.17, 15) is 40.5 Å². The first-order valence-corrected chi connectivity index (χ1v) is 39.4. The zero-order valence-electron chi connectivity index (χ0n) is 58.5. The minimum Gasteiger partial charge on any atom is -0.394 e. The van der Waals surface area contributed by atoms with Gasteiger partial charge in [-0.25, -0.2) is 0 Å². The van der Waals surface area contributed by atoms with E-state index < -0.39 is 74.2 Å². The molecule has 1 heterocycles. The molecule has 1 fully saturated rings. The molecule has 0 spiro atoms. The molecule has 1 rings (SSSR count). The van der Waals surface area contributed by atoms with Crippen LogP contribution in [0.4, 0.5) is 0 Å². The van der Waals surface area contributed by atoms with Gasteiger partial charge in [-0.3, -0.25) is 4.79 Å². The lowest BCUT2D eigenvalue weighted by Gasteiger charge is -2.40. The van der Waals surface area contributed by atoms with Crippen molar-refractivity contribution in [3.8, 4) is 0 Å². The third-order valence-electron chi connectivity index (χ3n) is 19.7. The van der Waals surface area contributed by atoms with Crippen LogP contribution in [-0.4, -0.2) is 110 Å². The van der Waals surface area contributed by atoms with Crippen LogP contribution in [-0.2, 0) is 14.3 Å². The van der Waals surface area contributed by atoms with Crippen LogP contribution in [0.3, 0.4) is 0 Å². The van der Waals surface area contributed by atoms with Crippen molar-refractivity contribution in [3.05, 3.63) is 0 Å². The highest BCUT2D eigenvalue weighted by molar-refractivity contribution is 5.80. The minimum absolute atomic E-state index is 0.268. The van der Waals surface area contributed by atoms with Crippen LogP contribution in [0, 0.1) is 0 Å². The lowest BCUT2D eigenvalue weighted by atomic mass is 9.98. The molecule has 8 N–H and O–H groups in total. The number of hydrogen-bond donors (Lipinski definition) is 8. The molecule has 11 nitrogen and oxygen atoms in total. The number of unbranched alkanes of at least 4 members (excludes halogenated alkanes) is 59. The number of aliphatic hydroxyl groups is 7. The quantitative estimate of drug-likeness (QED) is 0.0272. The Morgan fingerprint density at radius 2 is 0.591 bits per heavy atom.